The zero-order valence-corrected chi connectivity index (χ0v) is 7.08. The first-order chi connectivity index (χ1) is 5.71. The number of carboxylic acid groups (broad SMARTS) is 1. The Morgan fingerprint density at radius 3 is 2.58 bits per heavy atom. The van der Waals surface area contributed by atoms with Crippen LogP contribution >= 0.6 is 0 Å². The van der Waals surface area contributed by atoms with Gasteiger partial charge < -0.3 is 9.84 Å². The van der Waals surface area contributed by atoms with Crippen molar-refractivity contribution in [2.24, 2.45) is 5.41 Å². The van der Waals surface area contributed by atoms with Gasteiger partial charge in [-0.25, -0.2) is 0 Å². The number of carboxylic acids is 1. The first-order valence-corrected chi connectivity index (χ1v) is 4.13. The predicted molar refractivity (Wildman–Crippen MR) is 44.9 cm³/mol. The molecule has 0 saturated carbocycles. The topological polar surface area (TPSA) is 46.5 Å². The van der Waals surface area contributed by atoms with E-state index in [9.17, 15) is 4.79 Å². The van der Waals surface area contributed by atoms with E-state index in [4.69, 9.17) is 9.84 Å². The summed E-state index contributed by atoms with van der Waals surface area (Å²) in [5.74, 6) is -0.717. The molecule has 1 aliphatic rings. The summed E-state index contributed by atoms with van der Waals surface area (Å²) in [6.07, 6.45) is 3.44. The van der Waals surface area contributed by atoms with E-state index < -0.39 is 11.4 Å². The molecule has 3 nitrogen and oxygen atoms in total. The van der Waals surface area contributed by atoms with Gasteiger partial charge in [0.2, 0.25) is 0 Å². The fourth-order valence-corrected chi connectivity index (χ4v) is 1.54. The van der Waals surface area contributed by atoms with Gasteiger partial charge in [-0.2, -0.15) is 0 Å². The third kappa shape index (κ3) is 1.67. The SMILES string of the molecule is C=CCC1(C(=O)O)CCOCC1. The van der Waals surface area contributed by atoms with Crippen LogP contribution in [0.15, 0.2) is 12.7 Å². The smallest absolute Gasteiger partial charge is 0.310 e. The Morgan fingerprint density at radius 2 is 2.17 bits per heavy atom. The maximum absolute atomic E-state index is 11.0. The van der Waals surface area contributed by atoms with E-state index in [0.717, 1.165) is 0 Å². The minimum absolute atomic E-state index is 0.547. The summed E-state index contributed by atoms with van der Waals surface area (Å²) in [6, 6.07) is 0. The summed E-state index contributed by atoms with van der Waals surface area (Å²) in [7, 11) is 0. The average Bonchev–Trinajstić information content (AvgIpc) is 2.06. The molecule has 3 heteroatoms. The number of hydrogen-bond donors (Lipinski definition) is 1. The monoisotopic (exact) mass is 170 g/mol. The van der Waals surface area contributed by atoms with Crippen LogP contribution < -0.4 is 0 Å². The van der Waals surface area contributed by atoms with Crippen molar-refractivity contribution >= 4 is 5.97 Å². The van der Waals surface area contributed by atoms with Crippen LogP contribution in [-0.2, 0) is 9.53 Å². The van der Waals surface area contributed by atoms with Crippen molar-refractivity contribution < 1.29 is 14.6 Å². The standard InChI is InChI=1S/C9H14O3/c1-2-3-9(8(10)11)4-6-12-7-5-9/h2H,1,3-7H2,(H,10,11). The van der Waals surface area contributed by atoms with E-state index in [1.165, 1.54) is 0 Å². The summed E-state index contributed by atoms with van der Waals surface area (Å²) in [4.78, 5) is 11.0. The molecule has 1 fully saturated rings. The Morgan fingerprint density at radius 1 is 1.58 bits per heavy atom. The van der Waals surface area contributed by atoms with Crippen molar-refractivity contribution in [2.45, 2.75) is 19.3 Å². The Kier molecular flexibility index (Phi) is 2.87. The van der Waals surface area contributed by atoms with Gasteiger partial charge in [0.05, 0.1) is 5.41 Å². The molecule has 68 valence electrons. The zero-order chi connectivity index (χ0) is 9.03. The van der Waals surface area contributed by atoms with Crippen molar-refractivity contribution in [2.75, 3.05) is 13.2 Å². The average molecular weight is 170 g/mol. The van der Waals surface area contributed by atoms with E-state index in [2.05, 4.69) is 6.58 Å². The number of allylic oxidation sites excluding steroid dienone is 1. The molecular weight excluding hydrogens is 156 g/mol. The van der Waals surface area contributed by atoms with Gasteiger partial charge in [-0.05, 0) is 19.3 Å². The normalized spacial score (nSPS) is 21.7. The van der Waals surface area contributed by atoms with Gasteiger partial charge in [0.1, 0.15) is 0 Å². The molecule has 0 amide bonds. The van der Waals surface area contributed by atoms with Gasteiger partial charge in [-0.1, -0.05) is 6.08 Å². The van der Waals surface area contributed by atoms with Crippen LogP contribution in [0.2, 0.25) is 0 Å². The molecular formula is C9H14O3. The molecule has 12 heavy (non-hydrogen) atoms. The lowest BCUT2D eigenvalue weighted by atomic mass is 9.77. The number of ether oxygens (including phenoxy) is 1. The molecule has 0 aromatic rings. The van der Waals surface area contributed by atoms with E-state index >= 15 is 0 Å². The number of hydrogen-bond acceptors (Lipinski definition) is 2. The molecule has 0 unspecified atom stereocenters. The third-order valence-electron chi connectivity index (χ3n) is 2.44. The highest BCUT2D eigenvalue weighted by atomic mass is 16.5. The van der Waals surface area contributed by atoms with Crippen LogP contribution in [0.1, 0.15) is 19.3 Å². The molecule has 0 atom stereocenters. The second-order valence-corrected chi connectivity index (χ2v) is 3.19. The molecule has 1 rings (SSSR count). The molecule has 1 heterocycles. The maximum Gasteiger partial charge on any atom is 0.310 e. The summed E-state index contributed by atoms with van der Waals surface area (Å²) < 4.78 is 5.12. The van der Waals surface area contributed by atoms with E-state index in [1.807, 2.05) is 0 Å². The van der Waals surface area contributed by atoms with Crippen molar-refractivity contribution in [3.8, 4) is 0 Å². The van der Waals surface area contributed by atoms with Gasteiger partial charge in [0, 0.05) is 13.2 Å². The quantitative estimate of drug-likeness (QED) is 0.652. The Balaban J connectivity index is 2.69. The van der Waals surface area contributed by atoms with E-state index in [0.29, 0.717) is 32.5 Å². The van der Waals surface area contributed by atoms with E-state index in [-0.39, 0.29) is 0 Å². The number of carbonyl (C=O) groups is 1. The fraction of sp³-hybridized carbons (Fsp3) is 0.667. The van der Waals surface area contributed by atoms with Gasteiger partial charge in [0.15, 0.2) is 0 Å². The van der Waals surface area contributed by atoms with Crippen molar-refractivity contribution in [1.82, 2.24) is 0 Å². The third-order valence-corrected chi connectivity index (χ3v) is 2.44. The summed E-state index contributed by atoms with van der Waals surface area (Å²) >= 11 is 0. The van der Waals surface area contributed by atoms with Crippen LogP contribution in [0.25, 0.3) is 0 Å². The van der Waals surface area contributed by atoms with Crippen LogP contribution in [0.4, 0.5) is 0 Å². The molecule has 0 aliphatic carbocycles. The number of aliphatic carboxylic acids is 1. The summed E-state index contributed by atoms with van der Waals surface area (Å²) in [5, 5.41) is 9.02. The molecule has 0 aromatic carbocycles. The van der Waals surface area contributed by atoms with Gasteiger partial charge in [0.25, 0.3) is 0 Å². The molecule has 1 N–H and O–H groups in total. The van der Waals surface area contributed by atoms with Crippen molar-refractivity contribution in [1.29, 1.82) is 0 Å². The lowest BCUT2D eigenvalue weighted by Crippen LogP contribution is -2.36. The molecule has 0 aromatic heterocycles. The molecule has 1 aliphatic heterocycles. The minimum atomic E-state index is -0.717. The molecule has 0 spiro atoms. The molecule has 1 saturated heterocycles. The highest BCUT2D eigenvalue weighted by Gasteiger charge is 2.38. The zero-order valence-electron chi connectivity index (χ0n) is 7.08. The second kappa shape index (κ2) is 3.72. The lowest BCUT2D eigenvalue weighted by molar-refractivity contribution is -0.154. The van der Waals surface area contributed by atoms with Crippen LogP contribution in [-0.4, -0.2) is 24.3 Å². The lowest BCUT2D eigenvalue weighted by Gasteiger charge is -2.31. The second-order valence-electron chi connectivity index (χ2n) is 3.19. The van der Waals surface area contributed by atoms with Crippen molar-refractivity contribution in [3.05, 3.63) is 12.7 Å². The van der Waals surface area contributed by atoms with E-state index in [1.54, 1.807) is 6.08 Å². The summed E-state index contributed by atoms with van der Waals surface area (Å²) in [5.41, 5.74) is -0.597. The molecule has 0 radical (unpaired) electrons. The number of rotatable bonds is 3. The summed E-state index contributed by atoms with van der Waals surface area (Å²) in [6.45, 7) is 4.69. The van der Waals surface area contributed by atoms with Gasteiger partial charge in [-0.15, -0.1) is 6.58 Å². The van der Waals surface area contributed by atoms with Gasteiger partial charge in [-0.3, -0.25) is 4.79 Å². The highest BCUT2D eigenvalue weighted by molar-refractivity contribution is 5.75. The highest BCUT2D eigenvalue weighted by Crippen LogP contribution is 2.34. The Labute approximate surface area is 72.0 Å². The first kappa shape index (κ1) is 9.26. The Bertz CT molecular complexity index is 180. The molecule has 0 bridgehead atoms. The predicted octanol–water partition coefficient (Wildman–Crippen LogP) is 1.44. The van der Waals surface area contributed by atoms with Gasteiger partial charge >= 0.3 is 5.97 Å². The minimum Gasteiger partial charge on any atom is -0.481 e. The van der Waals surface area contributed by atoms with Crippen LogP contribution in [0.5, 0.6) is 0 Å². The first-order valence-electron chi connectivity index (χ1n) is 4.13. The fourth-order valence-electron chi connectivity index (χ4n) is 1.54. The Hall–Kier alpha value is -0.830. The van der Waals surface area contributed by atoms with Crippen LogP contribution in [0.3, 0.4) is 0 Å². The van der Waals surface area contributed by atoms with Crippen molar-refractivity contribution in [3.63, 3.8) is 0 Å². The van der Waals surface area contributed by atoms with Crippen LogP contribution in [0, 0.1) is 5.41 Å². The maximum atomic E-state index is 11.0. The largest absolute Gasteiger partial charge is 0.481 e.